The van der Waals surface area contributed by atoms with E-state index in [1.807, 2.05) is 0 Å². The molecular weight excluding hydrogens is 398 g/mol. The van der Waals surface area contributed by atoms with Crippen molar-refractivity contribution < 1.29 is 27.6 Å². The van der Waals surface area contributed by atoms with Crippen LogP contribution < -0.4 is 15.3 Å². The highest BCUT2D eigenvalue weighted by atomic mass is 35.5. The number of carbonyl (C=O) groups is 1. The van der Waals surface area contributed by atoms with E-state index in [4.69, 9.17) is 20.9 Å². The predicted molar refractivity (Wildman–Crippen MR) is 101 cm³/mol. The zero-order valence-corrected chi connectivity index (χ0v) is 15.8. The zero-order chi connectivity index (χ0) is 20.2. The lowest BCUT2D eigenvalue weighted by atomic mass is 10.2. The standard InChI is InChI=1S/C16H16ClN3O6S/c1-3-18-20(19-13-8-10(17)4-7-15(13)26-2)14-6-5-11(27(23,24)25)9-12(14)16(21)22/h3-9,19H,1-2H3,(H,21,22)(H,23,24,25). The Kier molecular flexibility index (Phi) is 6.26. The van der Waals surface area contributed by atoms with Crippen LogP contribution in [0.2, 0.25) is 5.02 Å². The van der Waals surface area contributed by atoms with Gasteiger partial charge in [-0.15, -0.1) is 0 Å². The molecule has 144 valence electrons. The van der Waals surface area contributed by atoms with Crippen LogP contribution in [-0.4, -0.2) is 37.4 Å². The first kappa shape index (κ1) is 20.5. The summed E-state index contributed by atoms with van der Waals surface area (Å²) in [7, 11) is -3.12. The van der Waals surface area contributed by atoms with Crippen LogP contribution in [0.15, 0.2) is 46.4 Å². The van der Waals surface area contributed by atoms with E-state index in [1.165, 1.54) is 19.4 Å². The summed E-state index contributed by atoms with van der Waals surface area (Å²) in [6, 6.07) is 7.87. The average molecular weight is 414 g/mol. The SMILES string of the molecule is CC=NN(Nc1cc(Cl)ccc1OC)c1ccc(S(=O)(=O)O)cc1C(=O)O. The third-order valence-electron chi connectivity index (χ3n) is 3.34. The maximum absolute atomic E-state index is 11.6. The zero-order valence-electron chi connectivity index (χ0n) is 14.2. The van der Waals surface area contributed by atoms with Crippen molar-refractivity contribution in [2.45, 2.75) is 11.8 Å². The van der Waals surface area contributed by atoms with E-state index in [-0.39, 0.29) is 5.69 Å². The molecule has 2 aromatic carbocycles. The van der Waals surface area contributed by atoms with Crippen molar-refractivity contribution in [1.82, 2.24) is 0 Å². The summed E-state index contributed by atoms with van der Waals surface area (Å²) < 4.78 is 37.0. The fourth-order valence-corrected chi connectivity index (χ4v) is 2.86. The summed E-state index contributed by atoms with van der Waals surface area (Å²) in [5.74, 6) is -0.992. The Bertz CT molecular complexity index is 994. The van der Waals surface area contributed by atoms with Crippen LogP contribution >= 0.6 is 11.6 Å². The van der Waals surface area contributed by atoms with Gasteiger partial charge in [0.2, 0.25) is 0 Å². The molecule has 0 aliphatic carbocycles. The topological polar surface area (TPSA) is 129 Å². The van der Waals surface area contributed by atoms with Gasteiger partial charge in [-0.05, 0) is 43.3 Å². The number of hydrazine groups is 1. The first-order valence-electron chi connectivity index (χ1n) is 7.41. The van der Waals surface area contributed by atoms with Gasteiger partial charge >= 0.3 is 5.97 Å². The van der Waals surface area contributed by atoms with Gasteiger partial charge in [0, 0.05) is 11.2 Å². The molecule has 0 saturated heterocycles. The monoisotopic (exact) mass is 413 g/mol. The molecule has 0 spiro atoms. The summed E-state index contributed by atoms with van der Waals surface area (Å²) in [4.78, 5) is 11.1. The number of nitrogens with one attached hydrogen (secondary N) is 1. The number of methoxy groups -OCH3 is 1. The van der Waals surface area contributed by atoms with E-state index in [0.717, 1.165) is 17.3 Å². The maximum Gasteiger partial charge on any atom is 0.338 e. The highest BCUT2D eigenvalue weighted by molar-refractivity contribution is 7.85. The molecule has 0 heterocycles. The van der Waals surface area contributed by atoms with Crippen LogP contribution in [0.25, 0.3) is 0 Å². The molecule has 0 atom stereocenters. The van der Waals surface area contributed by atoms with Crippen molar-refractivity contribution in [3.8, 4) is 5.75 Å². The van der Waals surface area contributed by atoms with Crippen molar-refractivity contribution >= 4 is 45.3 Å². The van der Waals surface area contributed by atoms with Gasteiger partial charge in [0.25, 0.3) is 10.1 Å². The van der Waals surface area contributed by atoms with Gasteiger partial charge < -0.3 is 9.84 Å². The second kappa shape index (κ2) is 8.25. The van der Waals surface area contributed by atoms with Crippen LogP contribution in [0.5, 0.6) is 5.75 Å². The maximum atomic E-state index is 11.6. The number of carboxylic acids is 1. The van der Waals surface area contributed by atoms with Gasteiger partial charge in [-0.2, -0.15) is 18.6 Å². The number of anilines is 2. The van der Waals surface area contributed by atoms with Gasteiger partial charge in [0.1, 0.15) is 5.75 Å². The lowest BCUT2D eigenvalue weighted by Crippen LogP contribution is -2.26. The number of hydrazone groups is 1. The Morgan fingerprint density at radius 1 is 1.30 bits per heavy atom. The number of hydrogen-bond donors (Lipinski definition) is 3. The first-order valence-corrected chi connectivity index (χ1v) is 9.23. The second-order valence-corrected chi connectivity index (χ2v) is 6.96. The summed E-state index contributed by atoms with van der Waals surface area (Å²) in [5, 5.41) is 15.0. The molecule has 0 unspecified atom stereocenters. The molecule has 0 saturated carbocycles. The van der Waals surface area contributed by atoms with E-state index in [0.29, 0.717) is 16.5 Å². The van der Waals surface area contributed by atoms with Gasteiger partial charge in [-0.1, -0.05) is 11.6 Å². The second-order valence-electron chi connectivity index (χ2n) is 5.10. The number of halogens is 1. The Morgan fingerprint density at radius 2 is 2.00 bits per heavy atom. The Morgan fingerprint density at radius 3 is 2.56 bits per heavy atom. The van der Waals surface area contributed by atoms with E-state index in [1.54, 1.807) is 25.1 Å². The molecule has 3 N–H and O–H groups in total. The van der Waals surface area contributed by atoms with Gasteiger partial charge in [-0.3, -0.25) is 9.98 Å². The minimum atomic E-state index is -4.57. The Hall–Kier alpha value is -2.82. The minimum Gasteiger partial charge on any atom is -0.495 e. The molecule has 9 nitrogen and oxygen atoms in total. The molecule has 0 aliphatic rings. The van der Waals surface area contributed by atoms with Gasteiger partial charge in [0.05, 0.1) is 28.9 Å². The third-order valence-corrected chi connectivity index (χ3v) is 4.43. The number of hydrogen-bond acceptors (Lipinski definition) is 7. The molecule has 0 aliphatic heterocycles. The van der Waals surface area contributed by atoms with Crippen LogP contribution in [0.1, 0.15) is 17.3 Å². The van der Waals surface area contributed by atoms with Crippen LogP contribution in [0.3, 0.4) is 0 Å². The molecule has 0 radical (unpaired) electrons. The summed E-state index contributed by atoms with van der Waals surface area (Å²) in [6.07, 6.45) is 1.40. The third kappa shape index (κ3) is 4.88. The number of aromatic carboxylic acids is 1. The largest absolute Gasteiger partial charge is 0.495 e. The average Bonchev–Trinajstić information content (AvgIpc) is 2.60. The van der Waals surface area contributed by atoms with Crippen molar-refractivity contribution in [2.24, 2.45) is 5.10 Å². The molecule has 0 bridgehead atoms. The molecule has 0 aromatic heterocycles. The van der Waals surface area contributed by atoms with Crippen molar-refractivity contribution in [1.29, 1.82) is 0 Å². The number of benzene rings is 2. The molecule has 0 amide bonds. The van der Waals surface area contributed by atoms with Crippen LogP contribution in [-0.2, 0) is 10.1 Å². The summed E-state index contributed by atoms with van der Waals surface area (Å²) in [5.41, 5.74) is 2.88. The van der Waals surface area contributed by atoms with Crippen LogP contribution in [0.4, 0.5) is 11.4 Å². The highest BCUT2D eigenvalue weighted by Crippen LogP contribution is 2.31. The molecule has 0 fully saturated rings. The van der Waals surface area contributed by atoms with E-state index in [2.05, 4.69) is 10.5 Å². The molecular formula is C16H16ClN3O6S. The molecule has 27 heavy (non-hydrogen) atoms. The van der Waals surface area contributed by atoms with E-state index >= 15 is 0 Å². The Labute approximate surface area is 160 Å². The number of rotatable bonds is 7. The molecule has 11 heteroatoms. The fourth-order valence-electron chi connectivity index (χ4n) is 2.18. The summed E-state index contributed by atoms with van der Waals surface area (Å²) >= 11 is 5.99. The molecule has 2 rings (SSSR count). The van der Waals surface area contributed by atoms with Crippen molar-refractivity contribution in [3.63, 3.8) is 0 Å². The minimum absolute atomic E-state index is 0.0232. The molecule has 2 aromatic rings. The van der Waals surface area contributed by atoms with E-state index < -0.39 is 26.5 Å². The Balaban J connectivity index is 2.57. The number of ether oxygens (including phenoxy) is 1. The smallest absolute Gasteiger partial charge is 0.338 e. The fraction of sp³-hybridized carbons (Fsp3) is 0.125. The number of carboxylic acid groups (broad SMARTS) is 1. The highest BCUT2D eigenvalue weighted by Gasteiger charge is 2.21. The number of nitrogens with zero attached hydrogens (tertiary/aromatic N) is 2. The van der Waals surface area contributed by atoms with Crippen LogP contribution in [0, 0.1) is 0 Å². The first-order chi connectivity index (χ1) is 12.7. The summed E-state index contributed by atoms with van der Waals surface area (Å²) in [6.45, 7) is 1.61. The lowest BCUT2D eigenvalue weighted by molar-refractivity contribution is 0.0697. The van der Waals surface area contributed by atoms with Crippen molar-refractivity contribution in [2.75, 3.05) is 17.7 Å². The normalized spacial score (nSPS) is 11.4. The quantitative estimate of drug-likeness (QED) is 0.358. The van der Waals surface area contributed by atoms with Crippen molar-refractivity contribution in [3.05, 3.63) is 47.0 Å². The van der Waals surface area contributed by atoms with E-state index in [9.17, 15) is 18.3 Å². The predicted octanol–water partition coefficient (Wildman–Crippen LogP) is 3.13. The van der Waals surface area contributed by atoms with Gasteiger partial charge in [-0.25, -0.2) is 4.79 Å². The van der Waals surface area contributed by atoms with Gasteiger partial charge in [0.15, 0.2) is 0 Å². The lowest BCUT2D eigenvalue weighted by Gasteiger charge is -2.24.